The van der Waals surface area contributed by atoms with Crippen LogP contribution >= 0.6 is 0 Å². The van der Waals surface area contributed by atoms with Gasteiger partial charge in [-0.15, -0.1) is 0 Å². The summed E-state index contributed by atoms with van der Waals surface area (Å²) < 4.78 is 24.4. The van der Waals surface area contributed by atoms with E-state index in [9.17, 15) is 4.39 Å². The highest BCUT2D eigenvalue weighted by Gasteiger charge is 2.24. The average molecular weight is 267 g/mol. The molecule has 2 rings (SSSR count). The third-order valence-electron chi connectivity index (χ3n) is 3.66. The molecule has 3 nitrogen and oxygen atoms in total. The molecule has 4 heteroatoms. The molecule has 19 heavy (non-hydrogen) atoms. The predicted molar refractivity (Wildman–Crippen MR) is 72.8 cm³/mol. The van der Waals surface area contributed by atoms with Crippen LogP contribution in [0.5, 0.6) is 5.75 Å². The van der Waals surface area contributed by atoms with E-state index >= 15 is 0 Å². The number of benzene rings is 1. The summed E-state index contributed by atoms with van der Waals surface area (Å²) in [4.78, 5) is 0. The van der Waals surface area contributed by atoms with Crippen molar-refractivity contribution in [3.05, 3.63) is 29.6 Å². The van der Waals surface area contributed by atoms with Crippen molar-refractivity contribution in [3.8, 4) is 5.75 Å². The molecule has 1 saturated heterocycles. The lowest BCUT2D eigenvalue weighted by Gasteiger charge is -2.14. The maximum atomic E-state index is 13.2. The Morgan fingerprint density at radius 3 is 2.74 bits per heavy atom. The Hall–Kier alpha value is -1.13. The van der Waals surface area contributed by atoms with Gasteiger partial charge in [0.2, 0.25) is 0 Å². The van der Waals surface area contributed by atoms with Crippen LogP contribution in [-0.4, -0.2) is 25.9 Å². The predicted octanol–water partition coefficient (Wildman–Crippen LogP) is 2.66. The molecule has 0 amide bonds. The third kappa shape index (κ3) is 3.91. The normalized spacial score (nSPS) is 22.7. The lowest BCUT2D eigenvalue weighted by atomic mass is 10.0. The monoisotopic (exact) mass is 267 g/mol. The second-order valence-corrected chi connectivity index (χ2v) is 5.03. The standard InChI is InChI=1S/C15H22FNO2/c1-18-15-7-3-12(16)10-11(15)2-4-13-5-6-14(19-13)8-9-17/h3,7,10,13-14H,2,4-6,8-9,17H2,1H3/t13-,14+/m1/s1. The minimum Gasteiger partial charge on any atom is -0.496 e. The summed E-state index contributed by atoms with van der Waals surface area (Å²) in [6.07, 6.45) is 5.35. The van der Waals surface area contributed by atoms with Crippen LogP contribution in [0.1, 0.15) is 31.2 Å². The quantitative estimate of drug-likeness (QED) is 0.861. The summed E-state index contributed by atoms with van der Waals surface area (Å²) in [5.74, 6) is 0.530. The van der Waals surface area contributed by atoms with Crippen LogP contribution in [-0.2, 0) is 11.2 Å². The van der Waals surface area contributed by atoms with Crippen LogP contribution in [0.25, 0.3) is 0 Å². The van der Waals surface area contributed by atoms with Crippen molar-refractivity contribution in [1.82, 2.24) is 0 Å². The van der Waals surface area contributed by atoms with Crippen molar-refractivity contribution in [3.63, 3.8) is 0 Å². The molecular formula is C15H22FNO2. The molecule has 2 atom stereocenters. The van der Waals surface area contributed by atoms with Gasteiger partial charge in [0.05, 0.1) is 19.3 Å². The molecule has 0 saturated carbocycles. The van der Waals surface area contributed by atoms with Gasteiger partial charge >= 0.3 is 0 Å². The number of methoxy groups -OCH3 is 1. The van der Waals surface area contributed by atoms with E-state index in [2.05, 4.69) is 0 Å². The van der Waals surface area contributed by atoms with Crippen LogP contribution < -0.4 is 10.5 Å². The molecule has 2 N–H and O–H groups in total. The van der Waals surface area contributed by atoms with E-state index < -0.39 is 0 Å². The highest BCUT2D eigenvalue weighted by atomic mass is 19.1. The van der Waals surface area contributed by atoms with Gasteiger partial charge in [0.15, 0.2) is 0 Å². The zero-order valence-electron chi connectivity index (χ0n) is 11.4. The van der Waals surface area contributed by atoms with E-state index in [0.717, 1.165) is 43.4 Å². The molecule has 1 aliphatic heterocycles. The molecule has 1 heterocycles. The summed E-state index contributed by atoms with van der Waals surface area (Å²) in [6, 6.07) is 4.65. The first-order valence-electron chi connectivity index (χ1n) is 6.91. The van der Waals surface area contributed by atoms with Crippen molar-refractivity contribution >= 4 is 0 Å². The molecule has 0 bridgehead atoms. The Labute approximate surface area is 113 Å². The lowest BCUT2D eigenvalue weighted by Crippen LogP contribution is -2.15. The topological polar surface area (TPSA) is 44.5 Å². The van der Waals surface area contributed by atoms with Crippen molar-refractivity contribution < 1.29 is 13.9 Å². The Kier molecular flexibility index (Phi) is 5.16. The highest BCUT2D eigenvalue weighted by Crippen LogP contribution is 2.27. The third-order valence-corrected chi connectivity index (χ3v) is 3.66. The lowest BCUT2D eigenvalue weighted by molar-refractivity contribution is 0.0377. The zero-order chi connectivity index (χ0) is 13.7. The second-order valence-electron chi connectivity index (χ2n) is 5.03. The number of ether oxygens (including phenoxy) is 2. The minimum absolute atomic E-state index is 0.218. The molecule has 0 radical (unpaired) electrons. The Morgan fingerprint density at radius 2 is 2.05 bits per heavy atom. The SMILES string of the molecule is COc1ccc(F)cc1CC[C@@H]1CC[C@@H](CCN)O1. The van der Waals surface area contributed by atoms with Crippen molar-refractivity contribution in [1.29, 1.82) is 0 Å². The molecule has 0 aromatic heterocycles. The van der Waals surface area contributed by atoms with Gasteiger partial charge in [-0.2, -0.15) is 0 Å². The maximum Gasteiger partial charge on any atom is 0.123 e. The van der Waals surface area contributed by atoms with Crippen LogP contribution in [0, 0.1) is 5.82 Å². The van der Waals surface area contributed by atoms with Gasteiger partial charge in [-0.25, -0.2) is 4.39 Å². The van der Waals surface area contributed by atoms with E-state index in [-0.39, 0.29) is 11.9 Å². The number of aryl methyl sites for hydroxylation is 1. The first kappa shape index (κ1) is 14.3. The van der Waals surface area contributed by atoms with Gasteiger partial charge in [-0.3, -0.25) is 0 Å². The summed E-state index contributed by atoms with van der Waals surface area (Å²) in [5.41, 5.74) is 6.45. The van der Waals surface area contributed by atoms with Crippen molar-refractivity contribution in [2.24, 2.45) is 5.73 Å². The molecular weight excluding hydrogens is 245 g/mol. The fourth-order valence-electron chi connectivity index (χ4n) is 2.65. The number of hydrogen-bond donors (Lipinski definition) is 1. The molecule has 0 spiro atoms. The first-order chi connectivity index (χ1) is 9.22. The molecule has 1 aromatic carbocycles. The van der Waals surface area contributed by atoms with E-state index in [1.165, 1.54) is 6.07 Å². The van der Waals surface area contributed by atoms with Gasteiger partial charge in [0.1, 0.15) is 11.6 Å². The Morgan fingerprint density at radius 1 is 1.32 bits per heavy atom. The molecule has 1 fully saturated rings. The van der Waals surface area contributed by atoms with Crippen molar-refractivity contribution in [2.45, 2.75) is 44.3 Å². The molecule has 1 aromatic rings. The Balaban J connectivity index is 1.87. The van der Waals surface area contributed by atoms with Crippen LogP contribution in [0.4, 0.5) is 4.39 Å². The van der Waals surface area contributed by atoms with Gasteiger partial charge in [-0.05, 0) is 62.4 Å². The van der Waals surface area contributed by atoms with Gasteiger partial charge in [0, 0.05) is 0 Å². The number of halogens is 1. The van der Waals surface area contributed by atoms with Gasteiger partial charge in [-0.1, -0.05) is 0 Å². The van der Waals surface area contributed by atoms with Gasteiger partial charge in [0.25, 0.3) is 0 Å². The van der Waals surface area contributed by atoms with E-state index in [1.54, 1.807) is 19.2 Å². The highest BCUT2D eigenvalue weighted by molar-refractivity contribution is 5.34. The average Bonchev–Trinajstić information content (AvgIpc) is 2.85. The summed E-state index contributed by atoms with van der Waals surface area (Å²) in [5, 5.41) is 0. The molecule has 106 valence electrons. The fraction of sp³-hybridized carbons (Fsp3) is 0.600. The number of nitrogens with two attached hydrogens (primary N) is 1. The first-order valence-corrected chi connectivity index (χ1v) is 6.91. The zero-order valence-corrected chi connectivity index (χ0v) is 11.4. The van der Waals surface area contributed by atoms with Crippen LogP contribution in [0.3, 0.4) is 0 Å². The van der Waals surface area contributed by atoms with Crippen LogP contribution in [0.2, 0.25) is 0 Å². The van der Waals surface area contributed by atoms with E-state index in [0.29, 0.717) is 12.6 Å². The molecule has 0 unspecified atom stereocenters. The molecule has 0 aliphatic carbocycles. The Bertz CT molecular complexity index is 411. The smallest absolute Gasteiger partial charge is 0.123 e. The van der Waals surface area contributed by atoms with E-state index in [1.807, 2.05) is 0 Å². The van der Waals surface area contributed by atoms with Crippen molar-refractivity contribution in [2.75, 3.05) is 13.7 Å². The van der Waals surface area contributed by atoms with E-state index in [4.69, 9.17) is 15.2 Å². The summed E-state index contributed by atoms with van der Waals surface area (Å²) in [7, 11) is 1.61. The summed E-state index contributed by atoms with van der Waals surface area (Å²) in [6.45, 7) is 0.676. The number of hydrogen-bond acceptors (Lipinski definition) is 3. The van der Waals surface area contributed by atoms with Gasteiger partial charge < -0.3 is 15.2 Å². The second kappa shape index (κ2) is 6.87. The largest absolute Gasteiger partial charge is 0.496 e. The minimum atomic E-state index is -0.218. The maximum absolute atomic E-state index is 13.2. The fourth-order valence-corrected chi connectivity index (χ4v) is 2.65. The molecule has 1 aliphatic rings. The number of rotatable bonds is 6. The summed E-state index contributed by atoms with van der Waals surface area (Å²) >= 11 is 0. The van der Waals surface area contributed by atoms with Crippen LogP contribution in [0.15, 0.2) is 18.2 Å².